The Kier molecular flexibility index (Phi) is 4.31. The number of nitrogens with one attached hydrogen (secondary N) is 1. The lowest BCUT2D eigenvalue weighted by Gasteiger charge is -2.24. The van der Waals surface area contributed by atoms with Crippen LogP contribution in [0.2, 0.25) is 0 Å². The van der Waals surface area contributed by atoms with Gasteiger partial charge in [0, 0.05) is 4.88 Å². The van der Waals surface area contributed by atoms with Gasteiger partial charge in [-0.2, -0.15) is 0 Å². The van der Waals surface area contributed by atoms with Gasteiger partial charge in [-0.15, -0.1) is 11.3 Å². The predicted octanol–water partition coefficient (Wildman–Crippen LogP) is 1.35. The number of nitrogens with two attached hydrogens (primary N) is 2. The van der Waals surface area contributed by atoms with Gasteiger partial charge in [0.05, 0.1) is 15.0 Å². The third kappa shape index (κ3) is 4.55. The molecule has 6 nitrogen and oxygen atoms in total. The van der Waals surface area contributed by atoms with Gasteiger partial charge in [-0.3, -0.25) is 0 Å². The summed E-state index contributed by atoms with van der Waals surface area (Å²) < 4.78 is 43.0. The first-order chi connectivity index (χ1) is 11.1. The minimum Gasteiger partial charge on any atom is -0.370 e. The summed E-state index contributed by atoms with van der Waals surface area (Å²) in [6.07, 6.45) is 0.948. The first-order valence-corrected chi connectivity index (χ1v) is 9.08. The fourth-order valence-electron chi connectivity index (χ4n) is 1.89. The Morgan fingerprint density at radius 2 is 2.14 bits per heavy atom. The van der Waals surface area contributed by atoms with Gasteiger partial charge in [-0.05, 0) is 17.0 Å². The van der Waals surface area contributed by atoms with Crippen molar-refractivity contribution in [2.45, 2.75) is 12.1 Å². The van der Waals surface area contributed by atoms with Crippen LogP contribution in [0.5, 0.6) is 0 Å². The van der Waals surface area contributed by atoms with E-state index in [1.807, 2.05) is 0 Å². The maximum atomic E-state index is 11.9. The molecule has 0 bridgehead atoms. The summed E-state index contributed by atoms with van der Waals surface area (Å²) in [6, 6.07) is 6.71. The molecule has 0 fully saturated rings. The van der Waals surface area contributed by atoms with Gasteiger partial charge in [-0.25, -0.2) is 18.1 Å². The van der Waals surface area contributed by atoms with Crippen LogP contribution in [-0.2, 0) is 10.0 Å². The average molecular weight is 340 g/mol. The number of rotatable bonds is 6. The van der Waals surface area contributed by atoms with Gasteiger partial charge < -0.3 is 11.5 Å². The molecule has 0 aliphatic carbocycles. The second-order valence-corrected chi connectivity index (χ2v) is 7.26. The van der Waals surface area contributed by atoms with Gasteiger partial charge >= 0.3 is 0 Å². The molecule has 2 aromatic rings. The first kappa shape index (κ1) is 13.7. The van der Waals surface area contributed by atoms with E-state index in [4.69, 9.17) is 14.2 Å². The van der Waals surface area contributed by atoms with Crippen LogP contribution >= 0.6 is 11.3 Å². The lowest BCUT2D eigenvalue weighted by Crippen LogP contribution is -2.33. The Labute approximate surface area is 136 Å². The van der Waals surface area contributed by atoms with Gasteiger partial charge in [0.2, 0.25) is 10.0 Å². The van der Waals surface area contributed by atoms with Crippen molar-refractivity contribution < 1.29 is 11.2 Å². The lowest BCUT2D eigenvalue weighted by molar-refractivity contribution is 0.512. The SMILES string of the molecule is [2H]c1ccccc1C([2H])(NS(C)(=O)=O)C(N=C(N)N)c1cccs1. The number of aliphatic imine (C=N–C) groups is 1. The molecule has 8 heteroatoms. The number of sulfonamides is 1. The Hall–Kier alpha value is -1.90. The Morgan fingerprint density at radius 1 is 1.36 bits per heavy atom. The van der Waals surface area contributed by atoms with Gasteiger partial charge in [0.15, 0.2) is 5.96 Å². The van der Waals surface area contributed by atoms with E-state index in [0.29, 0.717) is 4.88 Å². The van der Waals surface area contributed by atoms with E-state index in [1.165, 1.54) is 23.5 Å². The predicted molar refractivity (Wildman–Crippen MR) is 90.0 cm³/mol. The van der Waals surface area contributed by atoms with E-state index in [1.54, 1.807) is 29.6 Å². The highest BCUT2D eigenvalue weighted by Crippen LogP contribution is 2.35. The van der Waals surface area contributed by atoms with E-state index >= 15 is 0 Å². The molecule has 118 valence electrons. The van der Waals surface area contributed by atoms with E-state index in [2.05, 4.69) is 9.71 Å². The fourth-order valence-corrected chi connectivity index (χ4v) is 3.28. The average Bonchev–Trinajstić information content (AvgIpc) is 2.96. The van der Waals surface area contributed by atoms with E-state index in [0.717, 1.165) is 6.26 Å². The third-order valence-corrected chi connectivity index (χ3v) is 4.17. The summed E-state index contributed by atoms with van der Waals surface area (Å²) in [5.41, 5.74) is 11.2. The van der Waals surface area contributed by atoms with Gasteiger partial charge in [0.25, 0.3) is 0 Å². The monoisotopic (exact) mass is 340 g/mol. The summed E-state index contributed by atoms with van der Waals surface area (Å²) in [5, 5.41) is 1.78. The van der Waals surface area contributed by atoms with Crippen LogP contribution in [0.25, 0.3) is 0 Å². The second kappa shape index (κ2) is 6.91. The molecular weight excluding hydrogens is 320 g/mol. The number of thiophene rings is 1. The fraction of sp³-hybridized carbons (Fsp3) is 0.214. The number of guanidine groups is 1. The molecule has 0 aliphatic heterocycles. The minimum absolute atomic E-state index is 0.0102. The normalized spacial score (nSPS) is 17.0. The van der Waals surface area contributed by atoms with Crippen LogP contribution in [0.1, 0.15) is 25.2 Å². The molecule has 0 radical (unpaired) electrons. The highest BCUT2D eigenvalue weighted by Gasteiger charge is 2.28. The van der Waals surface area contributed by atoms with Gasteiger partial charge in [-0.1, -0.05) is 36.4 Å². The summed E-state index contributed by atoms with van der Waals surface area (Å²) >= 11 is 1.29. The highest BCUT2D eigenvalue weighted by atomic mass is 32.2. The van der Waals surface area contributed by atoms with Crippen LogP contribution in [0.15, 0.2) is 52.8 Å². The van der Waals surface area contributed by atoms with Crippen LogP contribution in [0, 0.1) is 0 Å². The zero-order valence-electron chi connectivity index (χ0n) is 13.9. The number of benzene rings is 1. The Balaban J connectivity index is 2.72. The lowest BCUT2D eigenvalue weighted by atomic mass is 9.99. The molecule has 22 heavy (non-hydrogen) atoms. The number of hydrogen-bond acceptors (Lipinski definition) is 4. The van der Waals surface area contributed by atoms with Crippen molar-refractivity contribution in [2.75, 3.05) is 6.26 Å². The third-order valence-electron chi connectivity index (χ3n) is 2.66. The standard InChI is InChI=1S/C14H18N4O2S2/c1-22(19,20)18-12(10-6-3-2-4-7-10)13(17-14(15)16)11-8-5-9-21-11/h2-9,12-13,18H,1H3,(H4,15,16,17)/i6D,12D. The molecule has 0 aliphatic rings. The van der Waals surface area contributed by atoms with Crippen molar-refractivity contribution in [3.8, 4) is 0 Å². The van der Waals surface area contributed by atoms with Crippen LogP contribution < -0.4 is 16.2 Å². The molecule has 2 atom stereocenters. The summed E-state index contributed by atoms with van der Waals surface area (Å²) in [5.74, 6) is -0.275. The summed E-state index contributed by atoms with van der Waals surface area (Å²) in [6.45, 7) is 0. The molecule has 2 unspecified atom stereocenters. The largest absolute Gasteiger partial charge is 0.370 e. The zero-order chi connectivity index (χ0) is 18.0. The molecule has 5 N–H and O–H groups in total. The van der Waals surface area contributed by atoms with E-state index < -0.39 is 22.1 Å². The van der Waals surface area contributed by atoms with Crippen molar-refractivity contribution in [2.24, 2.45) is 16.5 Å². The molecule has 2 rings (SSSR count). The topological polar surface area (TPSA) is 111 Å². The number of nitrogens with zero attached hydrogens (tertiary/aromatic N) is 1. The summed E-state index contributed by atoms with van der Waals surface area (Å²) in [4.78, 5) is 4.67. The van der Waals surface area contributed by atoms with Crippen LogP contribution in [0.3, 0.4) is 0 Å². The molecule has 0 saturated heterocycles. The minimum atomic E-state index is -3.79. The zero-order valence-corrected chi connectivity index (χ0v) is 13.5. The molecule has 0 saturated carbocycles. The number of hydrogen-bond donors (Lipinski definition) is 3. The Bertz CT molecular complexity index is 836. The molecular formula is C14H18N4O2S2. The Morgan fingerprint density at radius 3 is 2.68 bits per heavy atom. The molecule has 0 amide bonds. The highest BCUT2D eigenvalue weighted by molar-refractivity contribution is 7.88. The quantitative estimate of drug-likeness (QED) is 0.544. The smallest absolute Gasteiger partial charge is 0.209 e. The van der Waals surface area contributed by atoms with Gasteiger partial charge in [0.1, 0.15) is 6.04 Å². The first-order valence-electron chi connectivity index (χ1n) is 7.30. The second-order valence-electron chi connectivity index (χ2n) is 4.54. The van der Waals surface area contributed by atoms with Crippen molar-refractivity contribution >= 4 is 27.3 Å². The van der Waals surface area contributed by atoms with Crippen molar-refractivity contribution in [3.05, 3.63) is 58.3 Å². The van der Waals surface area contributed by atoms with Crippen LogP contribution in [0.4, 0.5) is 0 Å². The van der Waals surface area contributed by atoms with E-state index in [-0.39, 0.29) is 17.6 Å². The van der Waals surface area contributed by atoms with Crippen molar-refractivity contribution in [3.63, 3.8) is 0 Å². The van der Waals surface area contributed by atoms with Crippen molar-refractivity contribution in [1.29, 1.82) is 0 Å². The maximum Gasteiger partial charge on any atom is 0.209 e. The maximum absolute atomic E-state index is 11.9. The molecule has 1 aromatic heterocycles. The van der Waals surface area contributed by atoms with E-state index in [9.17, 15) is 8.42 Å². The van der Waals surface area contributed by atoms with Crippen molar-refractivity contribution in [1.82, 2.24) is 4.72 Å². The van der Waals surface area contributed by atoms with Crippen LogP contribution in [-0.4, -0.2) is 20.6 Å². The summed E-state index contributed by atoms with van der Waals surface area (Å²) in [7, 11) is -3.79. The molecule has 0 spiro atoms. The molecule has 1 heterocycles. The molecule has 1 aromatic carbocycles.